The second-order valence-corrected chi connectivity index (χ2v) is 5.71. The number of nitrogens with one attached hydrogen (secondary N) is 1. The first-order valence-corrected chi connectivity index (χ1v) is 7.72. The van der Waals surface area contributed by atoms with Crippen LogP contribution in [0.4, 0.5) is 4.39 Å². The monoisotopic (exact) mass is 305 g/mol. The van der Waals surface area contributed by atoms with E-state index < -0.39 is 0 Å². The zero-order valence-electron chi connectivity index (χ0n) is 12.4. The van der Waals surface area contributed by atoms with Gasteiger partial charge in [0.25, 0.3) is 0 Å². The molecule has 2 aromatic rings. The number of benzene rings is 2. The average molecular weight is 306 g/mol. The van der Waals surface area contributed by atoms with E-state index in [4.69, 9.17) is 11.6 Å². The van der Waals surface area contributed by atoms with Gasteiger partial charge in [0.15, 0.2) is 0 Å². The van der Waals surface area contributed by atoms with Gasteiger partial charge >= 0.3 is 0 Å². The van der Waals surface area contributed by atoms with Crippen LogP contribution < -0.4 is 5.32 Å². The van der Waals surface area contributed by atoms with E-state index in [2.05, 4.69) is 31.3 Å². The summed E-state index contributed by atoms with van der Waals surface area (Å²) in [7, 11) is 0. The highest BCUT2D eigenvalue weighted by Gasteiger charge is 2.19. The van der Waals surface area contributed by atoms with Gasteiger partial charge < -0.3 is 5.32 Å². The first-order chi connectivity index (χ1) is 10.1. The minimum atomic E-state index is -0.239. The van der Waals surface area contributed by atoms with Crippen LogP contribution in [0.1, 0.15) is 30.9 Å². The summed E-state index contributed by atoms with van der Waals surface area (Å²) in [6.07, 6.45) is 0.709. The average Bonchev–Trinajstić information content (AvgIpc) is 2.50. The standard InChI is InChI=1S/C18H21ClFN/c1-3-21-18(13(2)14-7-5-4-6-8-14)12-15-11-16(20)9-10-17(15)19/h4-11,13,18,21H,3,12H2,1-2H3. The number of hydrogen-bond donors (Lipinski definition) is 1. The molecule has 0 amide bonds. The summed E-state index contributed by atoms with van der Waals surface area (Å²) < 4.78 is 13.4. The molecule has 21 heavy (non-hydrogen) atoms. The van der Waals surface area contributed by atoms with E-state index in [0.29, 0.717) is 17.4 Å². The van der Waals surface area contributed by atoms with E-state index in [-0.39, 0.29) is 11.9 Å². The molecule has 0 aliphatic carbocycles. The molecule has 0 aliphatic rings. The maximum Gasteiger partial charge on any atom is 0.123 e. The minimum absolute atomic E-state index is 0.219. The van der Waals surface area contributed by atoms with Crippen LogP contribution in [0.15, 0.2) is 48.5 Å². The largest absolute Gasteiger partial charge is 0.313 e. The zero-order chi connectivity index (χ0) is 15.2. The maximum absolute atomic E-state index is 13.4. The molecule has 2 aromatic carbocycles. The van der Waals surface area contributed by atoms with E-state index >= 15 is 0 Å². The van der Waals surface area contributed by atoms with Crippen molar-refractivity contribution in [3.8, 4) is 0 Å². The first kappa shape index (κ1) is 16.0. The van der Waals surface area contributed by atoms with Crippen LogP contribution >= 0.6 is 11.6 Å². The molecule has 0 bridgehead atoms. The molecule has 0 radical (unpaired) electrons. The topological polar surface area (TPSA) is 12.0 Å². The molecule has 0 aliphatic heterocycles. The number of likely N-dealkylation sites (N-methyl/N-ethyl adjacent to an activating group) is 1. The Hall–Kier alpha value is -1.38. The molecular formula is C18H21ClFN. The molecule has 0 aromatic heterocycles. The van der Waals surface area contributed by atoms with Crippen molar-refractivity contribution in [2.75, 3.05) is 6.54 Å². The van der Waals surface area contributed by atoms with Crippen LogP contribution in [0.3, 0.4) is 0 Å². The molecule has 1 nitrogen and oxygen atoms in total. The summed E-state index contributed by atoms with van der Waals surface area (Å²) in [6.45, 7) is 5.14. The molecule has 2 rings (SSSR count). The molecule has 0 spiro atoms. The van der Waals surface area contributed by atoms with Gasteiger partial charge in [0, 0.05) is 11.1 Å². The maximum atomic E-state index is 13.4. The zero-order valence-corrected chi connectivity index (χ0v) is 13.2. The molecular weight excluding hydrogens is 285 g/mol. The van der Waals surface area contributed by atoms with Crippen LogP contribution in [0.2, 0.25) is 5.02 Å². The molecule has 1 N–H and O–H groups in total. The van der Waals surface area contributed by atoms with Gasteiger partial charge in [-0.3, -0.25) is 0 Å². The second kappa shape index (κ2) is 7.58. The van der Waals surface area contributed by atoms with Crippen molar-refractivity contribution in [1.82, 2.24) is 5.32 Å². The fourth-order valence-corrected chi connectivity index (χ4v) is 2.81. The molecule has 0 saturated carbocycles. The molecule has 112 valence electrons. The minimum Gasteiger partial charge on any atom is -0.313 e. The molecule has 0 fully saturated rings. The summed E-state index contributed by atoms with van der Waals surface area (Å²) in [4.78, 5) is 0. The number of hydrogen-bond acceptors (Lipinski definition) is 1. The van der Waals surface area contributed by atoms with Gasteiger partial charge in [-0.05, 0) is 48.2 Å². The van der Waals surface area contributed by atoms with Crippen LogP contribution in [-0.2, 0) is 6.42 Å². The predicted molar refractivity (Wildman–Crippen MR) is 87.4 cm³/mol. The van der Waals surface area contributed by atoms with Crippen molar-refractivity contribution in [3.63, 3.8) is 0 Å². The van der Waals surface area contributed by atoms with E-state index in [0.717, 1.165) is 12.1 Å². The van der Waals surface area contributed by atoms with Crippen molar-refractivity contribution in [3.05, 3.63) is 70.5 Å². The number of rotatable bonds is 6. The smallest absolute Gasteiger partial charge is 0.123 e. The van der Waals surface area contributed by atoms with E-state index in [9.17, 15) is 4.39 Å². The van der Waals surface area contributed by atoms with Gasteiger partial charge in [-0.25, -0.2) is 4.39 Å². The summed E-state index contributed by atoms with van der Waals surface area (Å²) in [5, 5.41) is 4.12. The lowest BCUT2D eigenvalue weighted by Gasteiger charge is -2.26. The Labute approximate surface area is 131 Å². The van der Waals surface area contributed by atoms with Crippen molar-refractivity contribution in [2.24, 2.45) is 0 Å². The SMILES string of the molecule is CCNC(Cc1cc(F)ccc1Cl)C(C)c1ccccc1. The second-order valence-electron chi connectivity index (χ2n) is 5.30. The van der Waals surface area contributed by atoms with E-state index in [1.807, 2.05) is 18.2 Å². The van der Waals surface area contributed by atoms with Crippen molar-refractivity contribution < 1.29 is 4.39 Å². The van der Waals surface area contributed by atoms with Gasteiger partial charge in [0.05, 0.1) is 0 Å². The lowest BCUT2D eigenvalue weighted by molar-refractivity contribution is 0.457. The lowest BCUT2D eigenvalue weighted by atomic mass is 9.89. The van der Waals surface area contributed by atoms with Crippen LogP contribution in [0.25, 0.3) is 0 Å². The highest BCUT2D eigenvalue weighted by atomic mass is 35.5. The molecule has 0 heterocycles. The van der Waals surface area contributed by atoms with Crippen LogP contribution in [-0.4, -0.2) is 12.6 Å². The van der Waals surface area contributed by atoms with Gasteiger partial charge in [0.2, 0.25) is 0 Å². The molecule has 0 saturated heterocycles. The Morgan fingerprint density at radius 3 is 2.52 bits per heavy atom. The van der Waals surface area contributed by atoms with Gasteiger partial charge in [-0.2, -0.15) is 0 Å². The fraction of sp³-hybridized carbons (Fsp3) is 0.333. The summed E-state index contributed by atoms with van der Waals surface area (Å²) in [6, 6.07) is 15.1. The summed E-state index contributed by atoms with van der Waals surface area (Å²) in [5.74, 6) is 0.0856. The fourth-order valence-electron chi connectivity index (χ4n) is 2.61. The van der Waals surface area contributed by atoms with Crippen LogP contribution in [0, 0.1) is 5.82 Å². The summed E-state index contributed by atoms with van der Waals surface area (Å²) in [5.41, 5.74) is 2.13. The Bertz CT molecular complexity index is 571. The van der Waals surface area contributed by atoms with E-state index in [1.54, 1.807) is 6.07 Å². The molecule has 2 unspecified atom stereocenters. The van der Waals surface area contributed by atoms with Crippen molar-refractivity contribution in [2.45, 2.75) is 32.2 Å². The Balaban J connectivity index is 2.21. The third kappa shape index (κ3) is 4.29. The van der Waals surface area contributed by atoms with Gasteiger partial charge in [0.1, 0.15) is 5.82 Å². The first-order valence-electron chi connectivity index (χ1n) is 7.34. The Kier molecular flexibility index (Phi) is 5.77. The third-order valence-corrected chi connectivity index (χ3v) is 4.21. The molecule has 3 heteroatoms. The quantitative estimate of drug-likeness (QED) is 0.808. The third-order valence-electron chi connectivity index (χ3n) is 3.84. The number of halogens is 2. The highest BCUT2D eigenvalue weighted by Crippen LogP contribution is 2.25. The highest BCUT2D eigenvalue weighted by molar-refractivity contribution is 6.31. The van der Waals surface area contributed by atoms with Gasteiger partial charge in [-0.15, -0.1) is 0 Å². The van der Waals surface area contributed by atoms with Crippen molar-refractivity contribution >= 4 is 11.6 Å². The van der Waals surface area contributed by atoms with Crippen LogP contribution in [0.5, 0.6) is 0 Å². The predicted octanol–water partition coefficient (Wildman–Crippen LogP) is 4.80. The normalized spacial score (nSPS) is 13.9. The van der Waals surface area contributed by atoms with E-state index in [1.165, 1.54) is 17.7 Å². The summed E-state index contributed by atoms with van der Waals surface area (Å²) >= 11 is 6.20. The molecule has 2 atom stereocenters. The Morgan fingerprint density at radius 2 is 1.86 bits per heavy atom. The lowest BCUT2D eigenvalue weighted by Crippen LogP contribution is -2.35. The van der Waals surface area contributed by atoms with Gasteiger partial charge in [-0.1, -0.05) is 55.8 Å². The van der Waals surface area contributed by atoms with Crippen molar-refractivity contribution in [1.29, 1.82) is 0 Å². The Morgan fingerprint density at radius 1 is 1.14 bits per heavy atom.